The molecule has 1 aromatic carbocycles. The standard InChI is InChI=1S/C16H19ClN2O5S/c1-10(20)18-3-4-19(15-9-25(22,23)8-14(15)18)16(21)11-5-12(17)7-13(6-11)24-2/h5-7,14-15H,3-4,8-9H2,1-2H3/t14-,15+/m0/s1. The Balaban J connectivity index is 1.93. The van der Waals surface area contributed by atoms with Crippen molar-refractivity contribution in [2.45, 2.75) is 19.0 Å². The molecule has 2 saturated heterocycles. The van der Waals surface area contributed by atoms with E-state index in [0.29, 0.717) is 22.9 Å². The number of nitrogens with zero attached hydrogens (tertiary/aromatic N) is 2. The van der Waals surface area contributed by atoms with Gasteiger partial charge in [0.15, 0.2) is 9.84 Å². The maximum Gasteiger partial charge on any atom is 0.254 e. The van der Waals surface area contributed by atoms with Crippen molar-refractivity contribution in [2.24, 2.45) is 0 Å². The molecule has 7 nitrogen and oxygen atoms in total. The van der Waals surface area contributed by atoms with Crippen LogP contribution in [-0.2, 0) is 14.6 Å². The van der Waals surface area contributed by atoms with E-state index in [1.54, 1.807) is 21.9 Å². The van der Waals surface area contributed by atoms with Gasteiger partial charge in [-0.25, -0.2) is 8.42 Å². The second-order valence-electron chi connectivity index (χ2n) is 6.30. The van der Waals surface area contributed by atoms with Gasteiger partial charge in [-0.15, -0.1) is 0 Å². The number of halogens is 1. The average molecular weight is 387 g/mol. The Morgan fingerprint density at radius 3 is 2.32 bits per heavy atom. The minimum atomic E-state index is -3.30. The number of hydrogen-bond acceptors (Lipinski definition) is 5. The van der Waals surface area contributed by atoms with E-state index in [1.165, 1.54) is 20.1 Å². The van der Waals surface area contributed by atoms with Crippen LogP contribution in [0.1, 0.15) is 17.3 Å². The second-order valence-corrected chi connectivity index (χ2v) is 8.89. The number of benzene rings is 1. The van der Waals surface area contributed by atoms with E-state index in [-0.39, 0.29) is 29.9 Å². The zero-order valence-corrected chi connectivity index (χ0v) is 15.5. The van der Waals surface area contributed by atoms with Crippen LogP contribution in [0.3, 0.4) is 0 Å². The fourth-order valence-corrected chi connectivity index (χ4v) is 5.77. The lowest BCUT2D eigenvalue weighted by atomic mass is 10.0. The van der Waals surface area contributed by atoms with Gasteiger partial charge in [0.2, 0.25) is 5.91 Å². The molecule has 0 radical (unpaired) electrons. The maximum atomic E-state index is 13.0. The summed E-state index contributed by atoms with van der Waals surface area (Å²) in [5, 5.41) is 0.362. The lowest BCUT2D eigenvalue weighted by Crippen LogP contribution is -2.61. The summed E-state index contributed by atoms with van der Waals surface area (Å²) in [7, 11) is -1.83. The van der Waals surface area contributed by atoms with Crippen LogP contribution in [0.25, 0.3) is 0 Å². The summed E-state index contributed by atoms with van der Waals surface area (Å²) in [5.41, 5.74) is 0.337. The smallest absolute Gasteiger partial charge is 0.254 e. The summed E-state index contributed by atoms with van der Waals surface area (Å²) >= 11 is 6.03. The molecule has 2 aliphatic heterocycles. The molecule has 0 aliphatic carbocycles. The Bertz CT molecular complexity index is 826. The molecule has 25 heavy (non-hydrogen) atoms. The fourth-order valence-electron chi connectivity index (χ4n) is 3.57. The summed E-state index contributed by atoms with van der Waals surface area (Å²) in [6.45, 7) is 2.01. The van der Waals surface area contributed by atoms with Gasteiger partial charge in [0.05, 0.1) is 30.7 Å². The summed E-state index contributed by atoms with van der Waals surface area (Å²) < 4.78 is 29.4. The number of methoxy groups -OCH3 is 1. The minimum Gasteiger partial charge on any atom is -0.497 e. The third-order valence-corrected chi connectivity index (χ3v) is 6.61. The third-order valence-electron chi connectivity index (χ3n) is 4.70. The van der Waals surface area contributed by atoms with E-state index >= 15 is 0 Å². The van der Waals surface area contributed by atoms with Crippen LogP contribution >= 0.6 is 11.6 Å². The van der Waals surface area contributed by atoms with E-state index in [9.17, 15) is 18.0 Å². The quantitative estimate of drug-likeness (QED) is 0.751. The fraction of sp³-hybridized carbons (Fsp3) is 0.500. The SMILES string of the molecule is COc1cc(Cl)cc(C(=O)N2CCN(C(C)=O)[C@H]3CS(=O)(=O)C[C@H]32)c1. The number of hydrogen-bond donors (Lipinski definition) is 0. The molecule has 0 saturated carbocycles. The Kier molecular flexibility index (Phi) is 4.68. The van der Waals surface area contributed by atoms with Crippen molar-refractivity contribution in [3.8, 4) is 5.75 Å². The van der Waals surface area contributed by atoms with Gasteiger partial charge < -0.3 is 14.5 Å². The van der Waals surface area contributed by atoms with Crippen LogP contribution in [-0.4, -0.2) is 73.8 Å². The molecule has 2 fully saturated rings. The number of sulfone groups is 1. The molecule has 2 heterocycles. The molecule has 0 bridgehead atoms. The van der Waals surface area contributed by atoms with Gasteiger partial charge in [-0.2, -0.15) is 0 Å². The Morgan fingerprint density at radius 2 is 1.72 bits per heavy atom. The van der Waals surface area contributed by atoms with Gasteiger partial charge >= 0.3 is 0 Å². The van der Waals surface area contributed by atoms with Gasteiger partial charge in [-0.1, -0.05) is 11.6 Å². The molecule has 3 rings (SSSR count). The van der Waals surface area contributed by atoms with E-state index in [1.807, 2.05) is 0 Å². The van der Waals surface area contributed by atoms with Crippen LogP contribution in [0.2, 0.25) is 5.02 Å². The average Bonchev–Trinajstić information content (AvgIpc) is 2.86. The summed E-state index contributed by atoms with van der Waals surface area (Å²) in [6, 6.07) is 3.66. The van der Waals surface area contributed by atoms with Gasteiger partial charge in [0, 0.05) is 30.6 Å². The van der Waals surface area contributed by atoms with Crippen LogP contribution < -0.4 is 4.74 Å². The highest BCUT2D eigenvalue weighted by molar-refractivity contribution is 7.91. The minimum absolute atomic E-state index is 0.111. The molecule has 0 aromatic heterocycles. The van der Waals surface area contributed by atoms with Crippen molar-refractivity contribution in [1.82, 2.24) is 9.80 Å². The van der Waals surface area contributed by atoms with Crippen molar-refractivity contribution in [3.05, 3.63) is 28.8 Å². The second kappa shape index (κ2) is 6.49. The lowest BCUT2D eigenvalue weighted by molar-refractivity contribution is -0.133. The first-order valence-corrected chi connectivity index (χ1v) is 10.0. The molecule has 2 amide bonds. The monoisotopic (exact) mass is 386 g/mol. The van der Waals surface area contributed by atoms with E-state index in [4.69, 9.17) is 16.3 Å². The van der Waals surface area contributed by atoms with Gasteiger partial charge in [-0.3, -0.25) is 9.59 Å². The predicted octanol–water partition coefficient (Wildman–Crippen LogP) is 0.818. The van der Waals surface area contributed by atoms with Crippen molar-refractivity contribution in [1.29, 1.82) is 0 Å². The normalized spacial score (nSPS) is 24.8. The summed E-state index contributed by atoms with van der Waals surface area (Å²) in [5.74, 6) is -0.279. The highest BCUT2D eigenvalue weighted by Gasteiger charge is 2.48. The van der Waals surface area contributed by atoms with Crippen molar-refractivity contribution < 1.29 is 22.7 Å². The van der Waals surface area contributed by atoms with Crippen LogP contribution in [0.15, 0.2) is 18.2 Å². The van der Waals surface area contributed by atoms with Gasteiger partial charge in [-0.05, 0) is 18.2 Å². The molecule has 0 unspecified atom stereocenters. The Hall–Kier alpha value is -1.80. The summed E-state index contributed by atoms with van der Waals surface area (Å²) in [4.78, 5) is 27.9. The molecule has 2 atom stereocenters. The van der Waals surface area contributed by atoms with Crippen LogP contribution in [0.4, 0.5) is 0 Å². The zero-order valence-electron chi connectivity index (χ0n) is 13.9. The molecular weight excluding hydrogens is 368 g/mol. The van der Waals surface area contributed by atoms with Crippen LogP contribution in [0, 0.1) is 0 Å². The molecule has 1 aromatic rings. The Morgan fingerprint density at radius 1 is 1.12 bits per heavy atom. The van der Waals surface area contributed by atoms with Crippen LogP contribution in [0.5, 0.6) is 5.75 Å². The zero-order chi connectivity index (χ0) is 18.4. The first-order chi connectivity index (χ1) is 11.7. The lowest BCUT2D eigenvalue weighted by Gasteiger charge is -2.43. The van der Waals surface area contributed by atoms with Gasteiger partial charge in [0.25, 0.3) is 5.91 Å². The first kappa shape index (κ1) is 18.0. The summed E-state index contributed by atoms with van der Waals surface area (Å²) in [6.07, 6.45) is 0. The first-order valence-electron chi connectivity index (χ1n) is 7.85. The molecule has 2 aliphatic rings. The number of carbonyl (C=O) groups excluding carboxylic acids is 2. The molecule has 136 valence electrons. The molecule has 9 heteroatoms. The number of ether oxygens (including phenoxy) is 1. The maximum absolute atomic E-state index is 13.0. The van der Waals surface area contributed by atoms with Gasteiger partial charge in [0.1, 0.15) is 5.75 Å². The van der Waals surface area contributed by atoms with Crippen molar-refractivity contribution in [3.63, 3.8) is 0 Å². The Labute approximate surface area is 151 Å². The number of fused-ring (bicyclic) bond motifs is 1. The topological polar surface area (TPSA) is 84.0 Å². The van der Waals surface area contributed by atoms with E-state index in [0.717, 1.165) is 0 Å². The number of piperazine rings is 1. The number of carbonyl (C=O) groups is 2. The molecule has 0 N–H and O–H groups in total. The van der Waals surface area contributed by atoms with Crippen molar-refractivity contribution in [2.75, 3.05) is 31.7 Å². The largest absolute Gasteiger partial charge is 0.497 e. The number of amides is 2. The van der Waals surface area contributed by atoms with E-state index < -0.39 is 21.9 Å². The predicted molar refractivity (Wildman–Crippen MR) is 92.7 cm³/mol. The molecular formula is C16H19ClN2O5S. The number of rotatable bonds is 2. The van der Waals surface area contributed by atoms with Crippen molar-refractivity contribution >= 4 is 33.3 Å². The highest BCUT2D eigenvalue weighted by Crippen LogP contribution is 2.29. The third kappa shape index (κ3) is 3.46. The van der Waals surface area contributed by atoms with E-state index in [2.05, 4.69) is 0 Å². The molecule has 0 spiro atoms. The highest BCUT2D eigenvalue weighted by atomic mass is 35.5.